The highest BCUT2D eigenvalue weighted by molar-refractivity contribution is 7.92. The summed E-state index contributed by atoms with van der Waals surface area (Å²) in [6.45, 7) is 0. The summed E-state index contributed by atoms with van der Waals surface area (Å²) in [7, 11) is -3.40. The third-order valence-electron chi connectivity index (χ3n) is 3.59. The van der Waals surface area contributed by atoms with E-state index in [1.54, 1.807) is 18.2 Å². The van der Waals surface area contributed by atoms with E-state index in [2.05, 4.69) is 20.2 Å². The van der Waals surface area contributed by atoms with Crippen molar-refractivity contribution in [3.8, 4) is 11.4 Å². The van der Waals surface area contributed by atoms with Crippen LogP contribution in [0.5, 0.6) is 0 Å². The van der Waals surface area contributed by atoms with Gasteiger partial charge in [-0.3, -0.25) is 9.52 Å². The lowest BCUT2D eigenvalue weighted by Gasteiger charge is -2.08. The summed E-state index contributed by atoms with van der Waals surface area (Å²) in [5.74, 6) is -0.0603. The van der Waals surface area contributed by atoms with Crippen LogP contribution in [0.1, 0.15) is 12.3 Å². The van der Waals surface area contributed by atoms with Crippen molar-refractivity contribution < 1.29 is 22.1 Å². The largest absolute Gasteiger partial charge is 0.339 e. The molecule has 0 aliphatic heterocycles. The Morgan fingerprint density at radius 3 is 2.57 bits per heavy atom. The first-order valence-corrected chi connectivity index (χ1v) is 10.1. The van der Waals surface area contributed by atoms with E-state index in [9.17, 15) is 17.6 Å². The Labute approximate surface area is 160 Å². The molecule has 1 amide bonds. The number of rotatable bonds is 7. The number of aromatic nitrogens is 2. The quantitative estimate of drug-likeness (QED) is 0.626. The summed E-state index contributed by atoms with van der Waals surface area (Å²) in [5, 5.41) is 6.50. The van der Waals surface area contributed by atoms with Gasteiger partial charge in [0.2, 0.25) is 27.6 Å². The van der Waals surface area contributed by atoms with E-state index >= 15 is 0 Å². The average Bonchev–Trinajstić information content (AvgIpc) is 3.08. The first-order chi connectivity index (χ1) is 13.3. The summed E-state index contributed by atoms with van der Waals surface area (Å²) < 4.78 is 43.0. The van der Waals surface area contributed by atoms with Crippen molar-refractivity contribution >= 4 is 27.3 Å². The first kappa shape index (κ1) is 19.5. The number of nitrogens with one attached hydrogen (secondary N) is 2. The smallest absolute Gasteiger partial charge is 0.229 e. The molecule has 146 valence electrons. The number of carbonyl (C=O) groups excluding carboxylic acids is 1. The van der Waals surface area contributed by atoms with Gasteiger partial charge in [0, 0.05) is 24.1 Å². The number of hydrogen-bond donors (Lipinski definition) is 2. The minimum atomic E-state index is -3.40. The predicted octanol–water partition coefficient (Wildman–Crippen LogP) is 2.82. The molecule has 1 aromatic heterocycles. The molecule has 2 aromatic carbocycles. The fraction of sp³-hybridized carbons (Fsp3) is 0.167. The van der Waals surface area contributed by atoms with E-state index in [4.69, 9.17) is 4.52 Å². The predicted molar refractivity (Wildman–Crippen MR) is 102 cm³/mol. The summed E-state index contributed by atoms with van der Waals surface area (Å²) in [6, 6.07) is 12.0. The SMILES string of the molecule is CS(=O)(=O)Nc1cccc(NC(=O)CCc2nc(-c3ccc(F)cc3)no2)c1. The number of nitrogens with zero attached hydrogens (tertiary/aromatic N) is 2. The summed E-state index contributed by atoms with van der Waals surface area (Å²) in [6.07, 6.45) is 1.36. The van der Waals surface area contributed by atoms with Gasteiger partial charge >= 0.3 is 0 Å². The van der Waals surface area contributed by atoms with Gasteiger partial charge in [-0.1, -0.05) is 11.2 Å². The van der Waals surface area contributed by atoms with Crippen LogP contribution < -0.4 is 10.0 Å². The van der Waals surface area contributed by atoms with E-state index in [0.29, 0.717) is 22.8 Å². The molecule has 3 rings (SSSR count). The molecule has 2 N–H and O–H groups in total. The fourth-order valence-electron chi connectivity index (χ4n) is 2.39. The van der Waals surface area contributed by atoms with Crippen LogP contribution in [0.25, 0.3) is 11.4 Å². The molecule has 0 unspecified atom stereocenters. The summed E-state index contributed by atoms with van der Waals surface area (Å²) >= 11 is 0. The normalized spacial score (nSPS) is 11.2. The molecule has 0 radical (unpaired) electrons. The van der Waals surface area contributed by atoms with Crippen LogP contribution >= 0.6 is 0 Å². The topological polar surface area (TPSA) is 114 Å². The van der Waals surface area contributed by atoms with Crippen molar-refractivity contribution in [3.05, 3.63) is 60.2 Å². The molecule has 0 bridgehead atoms. The Bertz CT molecular complexity index is 1080. The minimum Gasteiger partial charge on any atom is -0.339 e. The molecule has 0 aliphatic rings. The molecule has 10 heteroatoms. The van der Waals surface area contributed by atoms with Crippen molar-refractivity contribution in [2.75, 3.05) is 16.3 Å². The van der Waals surface area contributed by atoms with Gasteiger partial charge in [-0.05, 0) is 42.5 Å². The lowest BCUT2D eigenvalue weighted by molar-refractivity contribution is -0.116. The van der Waals surface area contributed by atoms with Gasteiger partial charge in [0.05, 0.1) is 11.9 Å². The Morgan fingerprint density at radius 1 is 1.14 bits per heavy atom. The molecule has 0 spiro atoms. The zero-order valence-electron chi connectivity index (χ0n) is 14.8. The Morgan fingerprint density at radius 2 is 1.86 bits per heavy atom. The molecular formula is C18H17FN4O4S. The van der Waals surface area contributed by atoms with E-state index in [-0.39, 0.29) is 30.5 Å². The maximum absolute atomic E-state index is 13.0. The van der Waals surface area contributed by atoms with Crippen molar-refractivity contribution in [1.29, 1.82) is 0 Å². The summed E-state index contributed by atoms with van der Waals surface area (Å²) in [4.78, 5) is 16.3. The lowest BCUT2D eigenvalue weighted by atomic mass is 10.2. The van der Waals surface area contributed by atoms with Crippen molar-refractivity contribution in [3.63, 3.8) is 0 Å². The Balaban J connectivity index is 1.56. The number of halogens is 1. The van der Waals surface area contributed by atoms with Gasteiger partial charge in [-0.15, -0.1) is 0 Å². The molecule has 0 atom stereocenters. The molecule has 0 aliphatic carbocycles. The highest BCUT2D eigenvalue weighted by Crippen LogP contribution is 2.18. The van der Waals surface area contributed by atoms with Crippen molar-refractivity contribution in [1.82, 2.24) is 10.1 Å². The highest BCUT2D eigenvalue weighted by Gasteiger charge is 2.11. The van der Waals surface area contributed by atoms with Gasteiger partial charge in [0.25, 0.3) is 0 Å². The van der Waals surface area contributed by atoms with E-state index in [1.807, 2.05) is 0 Å². The standard InChI is InChI=1S/C18H17FN4O4S/c1-28(25,26)23-15-4-2-3-14(11-15)20-16(24)9-10-17-21-18(22-27-17)12-5-7-13(19)8-6-12/h2-8,11,23H,9-10H2,1H3,(H,20,24). The number of sulfonamides is 1. The van der Waals surface area contributed by atoms with Gasteiger partial charge in [-0.25, -0.2) is 12.8 Å². The molecule has 8 nitrogen and oxygen atoms in total. The van der Waals surface area contributed by atoms with E-state index < -0.39 is 10.0 Å². The van der Waals surface area contributed by atoms with Crippen LogP contribution in [0.15, 0.2) is 53.1 Å². The van der Waals surface area contributed by atoms with Crippen LogP contribution in [0.3, 0.4) is 0 Å². The molecule has 0 fully saturated rings. The number of aryl methyl sites for hydroxylation is 1. The van der Waals surface area contributed by atoms with E-state index in [1.165, 1.54) is 30.3 Å². The maximum atomic E-state index is 13.0. The number of anilines is 2. The zero-order chi connectivity index (χ0) is 20.1. The lowest BCUT2D eigenvalue weighted by Crippen LogP contribution is -2.13. The highest BCUT2D eigenvalue weighted by atomic mass is 32.2. The average molecular weight is 404 g/mol. The number of amides is 1. The Kier molecular flexibility index (Phi) is 5.69. The van der Waals surface area contributed by atoms with Crippen molar-refractivity contribution in [2.24, 2.45) is 0 Å². The monoisotopic (exact) mass is 404 g/mol. The first-order valence-electron chi connectivity index (χ1n) is 8.25. The van der Waals surface area contributed by atoms with Gasteiger partial charge in [-0.2, -0.15) is 4.98 Å². The molecule has 1 heterocycles. The second-order valence-electron chi connectivity index (χ2n) is 6.02. The maximum Gasteiger partial charge on any atom is 0.229 e. The van der Waals surface area contributed by atoms with E-state index in [0.717, 1.165) is 6.26 Å². The van der Waals surface area contributed by atoms with Gasteiger partial charge < -0.3 is 9.84 Å². The summed E-state index contributed by atoms with van der Waals surface area (Å²) in [5.41, 5.74) is 1.41. The second kappa shape index (κ2) is 8.17. The zero-order valence-corrected chi connectivity index (χ0v) is 15.7. The third-order valence-corrected chi connectivity index (χ3v) is 4.19. The number of carbonyl (C=O) groups is 1. The van der Waals surface area contributed by atoms with Crippen LogP contribution in [-0.4, -0.2) is 30.7 Å². The fourth-order valence-corrected chi connectivity index (χ4v) is 2.95. The Hall–Kier alpha value is -3.27. The molecule has 0 saturated heterocycles. The third kappa shape index (κ3) is 5.61. The minimum absolute atomic E-state index is 0.0920. The van der Waals surface area contributed by atoms with Crippen LogP contribution in [0.4, 0.5) is 15.8 Å². The molecule has 3 aromatic rings. The van der Waals surface area contributed by atoms with Crippen LogP contribution in [-0.2, 0) is 21.2 Å². The van der Waals surface area contributed by atoms with Crippen LogP contribution in [0.2, 0.25) is 0 Å². The second-order valence-corrected chi connectivity index (χ2v) is 7.77. The van der Waals surface area contributed by atoms with Gasteiger partial charge in [0.1, 0.15) is 5.82 Å². The van der Waals surface area contributed by atoms with Crippen LogP contribution in [0, 0.1) is 5.82 Å². The molecular weight excluding hydrogens is 387 g/mol. The molecule has 0 saturated carbocycles. The van der Waals surface area contributed by atoms with Gasteiger partial charge in [0.15, 0.2) is 0 Å². The molecule has 28 heavy (non-hydrogen) atoms. The number of benzene rings is 2. The number of hydrogen-bond acceptors (Lipinski definition) is 6. The van der Waals surface area contributed by atoms with Crippen molar-refractivity contribution in [2.45, 2.75) is 12.8 Å².